The lowest BCUT2D eigenvalue weighted by Crippen LogP contribution is -2.36. The average Bonchev–Trinajstić information content (AvgIpc) is 2.88. The van der Waals surface area contributed by atoms with Crippen molar-refractivity contribution in [2.24, 2.45) is 0 Å². The fourth-order valence-electron chi connectivity index (χ4n) is 2.63. The van der Waals surface area contributed by atoms with Crippen LogP contribution in [-0.2, 0) is 16.0 Å². The van der Waals surface area contributed by atoms with Gasteiger partial charge in [0, 0.05) is 42.3 Å². The normalized spacial score (nSPS) is 15.7. The van der Waals surface area contributed by atoms with Crippen LogP contribution in [-0.4, -0.2) is 42.4 Å². The Balaban J connectivity index is 1.88. The molecule has 0 atom stereocenters. The molecule has 2 heterocycles. The first-order valence-corrected chi connectivity index (χ1v) is 6.88. The fourth-order valence-corrected chi connectivity index (χ4v) is 2.63. The summed E-state index contributed by atoms with van der Waals surface area (Å²) in [5, 5.41) is 9.93. The van der Waals surface area contributed by atoms with Crippen LogP contribution in [0.5, 0.6) is 0 Å². The molecule has 0 aliphatic carbocycles. The van der Waals surface area contributed by atoms with Gasteiger partial charge in [-0.3, -0.25) is 4.79 Å². The minimum Gasteiger partial charge on any atom is -0.481 e. The van der Waals surface area contributed by atoms with E-state index >= 15 is 0 Å². The number of carboxylic acid groups (broad SMARTS) is 1. The summed E-state index contributed by atoms with van der Waals surface area (Å²) >= 11 is 0. The summed E-state index contributed by atoms with van der Waals surface area (Å²) in [5.74, 6) is -0.760. The van der Waals surface area contributed by atoms with Crippen LogP contribution in [0.3, 0.4) is 0 Å². The zero-order valence-corrected chi connectivity index (χ0v) is 11.3. The molecular weight excluding hydrogens is 256 g/mol. The number of nitrogens with zero attached hydrogens (tertiary/aromatic N) is 1. The number of fused-ring (bicyclic) bond motifs is 1. The Hall–Kier alpha value is -2.01. The molecule has 0 spiro atoms. The number of ether oxygens (including phenoxy) is 1. The third-order valence-electron chi connectivity index (χ3n) is 3.74. The van der Waals surface area contributed by atoms with E-state index in [9.17, 15) is 4.79 Å². The van der Waals surface area contributed by atoms with Crippen molar-refractivity contribution in [3.05, 3.63) is 30.0 Å². The molecule has 106 valence electrons. The van der Waals surface area contributed by atoms with Crippen molar-refractivity contribution in [2.75, 3.05) is 31.2 Å². The van der Waals surface area contributed by atoms with Crippen LogP contribution < -0.4 is 4.90 Å². The van der Waals surface area contributed by atoms with E-state index in [-0.39, 0.29) is 6.42 Å². The number of aliphatic carboxylic acids is 1. The minimum atomic E-state index is -0.760. The number of carboxylic acids is 1. The van der Waals surface area contributed by atoms with Crippen molar-refractivity contribution < 1.29 is 14.6 Å². The highest BCUT2D eigenvalue weighted by Gasteiger charge is 2.13. The monoisotopic (exact) mass is 274 g/mol. The van der Waals surface area contributed by atoms with E-state index in [2.05, 4.69) is 28.1 Å². The molecule has 1 aromatic heterocycles. The zero-order valence-electron chi connectivity index (χ0n) is 11.3. The fraction of sp³-hybridized carbons (Fsp3) is 0.400. The van der Waals surface area contributed by atoms with E-state index in [0.717, 1.165) is 42.8 Å². The second-order valence-electron chi connectivity index (χ2n) is 5.04. The number of hydrogen-bond donors (Lipinski definition) is 2. The molecule has 1 aliphatic heterocycles. The van der Waals surface area contributed by atoms with Crippen molar-refractivity contribution in [1.82, 2.24) is 4.98 Å². The summed E-state index contributed by atoms with van der Waals surface area (Å²) < 4.78 is 5.37. The number of hydrogen-bond acceptors (Lipinski definition) is 3. The van der Waals surface area contributed by atoms with Crippen LogP contribution in [0.2, 0.25) is 0 Å². The van der Waals surface area contributed by atoms with E-state index in [4.69, 9.17) is 9.84 Å². The predicted octanol–water partition coefficient (Wildman–Crippen LogP) is 2.02. The number of aromatic nitrogens is 1. The molecule has 0 unspecified atom stereocenters. The van der Waals surface area contributed by atoms with Crippen molar-refractivity contribution in [2.45, 2.75) is 12.8 Å². The molecule has 1 fully saturated rings. The smallest absolute Gasteiger partial charge is 0.303 e. The van der Waals surface area contributed by atoms with Gasteiger partial charge in [0.05, 0.1) is 13.2 Å². The number of morpholine rings is 1. The molecule has 20 heavy (non-hydrogen) atoms. The van der Waals surface area contributed by atoms with Gasteiger partial charge in [-0.25, -0.2) is 0 Å². The Morgan fingerprint density at radius 1 is 1.35 bits per heavy atom. The maximum Gasteiger partial charge on any atom is 0.303 e. The average molecular weight is 274 g/mol. The van der Waals surface area contributed by atoms with Gasteiger partial charge in [-0.2, -0.15) is 0 Å². The third kappa shape index (κ3) is 2.63. The highest BCUT2D eigenvalue weighted by atomic mass is 16.5. The van der Waals surface area contributed by atoms with Crippen molar-refractivity contribution in [3.8, 4) is 0 Å². The standard InChI is InChI=1S/C15H18N2O3/c18-15(19)4-1-11-10-16-14-3-2-12(9-13(11)14)17-5-7-20-8-6-17/h2-3,9-10,16H,1,4-8H2,(H,18,19). The number of benzene rings is 1. The summed E-state index contributed by atoms with van der Waals surface area (Å²) in [6, 6.07) is 6.31. The summed E-state index contributed by atoms with van der Waals surface area (Å²) in [5.41, 5.74) is 3.30. The first kappa shape index (κ1) is 13.0. The molecule has 1 aliphatic rings. The van der Waals surface area contributed by atoms with Gasteiger partial charge in [0.1, 0.15) is 0 Å². The van der Waals surface area contributed by atoms with Gasteiger partial charge >= 0.3 is 5.97 Å². The van der Waals surface area contributed by atoms with Gasteiger partial charge in [0.25, 0.3) is 0 Å². The molecule has 5 heteroatoms. The summed E-state index contributed by atoms with van der Waals surface area (Å²) in [4.78, 5) is 16.2. The van der Waals surface area contributed by atoms with Gasteiger partial charge in [0.15, 0.2) is 0 Å². The van der Waals surface area contributed by atoms with Gasteiger partial charge < -0.3 is 19.7 Å². The number of carbonyl (C=O) groups is 1. The lowest BCUT2D eigenvalue weighted by atomic mass is 10.1. The molecule has 0 bridgehead atoms. The summed E-state index contributed by atoms with van der Waals surface area (Å²) in [6.45, 7) is 3.33. The van der Waals surface area contributed by atoms with Crippen LogP contribution in [0.15, 0.2) is 24.4 Å². The van der Waals surface area contributed by atoms with Crippen molar-refractivity contribution >= 4 is 22.6 Å². The Morgan fingerprint density at radius 2 is 2.15 bits per heavy atom. The first-order chi connectivity index (χ1) is 9.74. The van der Waals surface area contributed by atoms with E-state index in [1.807, 2.05) is 6.20 Å². The molecule has 1 saturated heterocycles. The second kappa shape index (κ2) is 5.54. The zero-order chi connectivity index (χ0) is 13.9. The van der Waals surface area contributed by atoms with Crippen molar-refractivity contribution in [1.29, 1.82) is 0 Å². The van der Waals surface area contributed by atoms with Gasteiger partial charge in [0.2, 0.25) is 0 Å². The number of H-pyrrole nitrogens is 1. The minimum absolute atomic E-state index is 0.161. The second-order valence-corrected chi connectivity index (χ2v) is 5.04. The largest absolute Gasteiger partial charge is 0.481 e. The molecule has 0 amide bonds. The molecule has 1 aromatic carbocycles. The number of nitrogens with one attached hydrogen (secondary N) is 1. The van der Waals surface area contributed by atoms with Crippen LogP contribution in [0.4, 0.5) is 5.69 Å². The topological polar surface area (TPSA) is 65.6 Å². The number of aryl methyl sites for hydroxylation is 1. The third-order valence-corrected chi connectivity index (χ3v) is 3.74. The maximum atomic E-state index is 10.7. The maximum absolute atomic E-state index is 10.7. The van der Waals surface area contributed by atoms with Crippen LogP contribution in [0.25, 0.3) is 10.9 Å². The van der Waals surface area contributed by atoms with Gasteiger partial charge in [-0.15, -0.1) is 0 Å². The number of rotatable bonds is 4. The number of aromatic amines is 1. The highest BCUT2D eigenvalue weighted by Crippen LogP contribution is 2.26. The SMILES string of the molecule is O=C(O)CCc1c[nH]c2ccc(N3CCOCC3)cc12. The van der Waals surface area contributed by atoms with Crippen LogP contribution in [0.1, 0.15) is 12.0 Å². The molecular formula is C15H18N2O3. The van der Waals surface area contributed by atoms with Gasteiger partial charge in [-0.1, -0.05) is 0 Å². The Morgan fingerprint density at radius 3 is 2.90 bits per heavy atom. The lowest BCUT2D eigenvalue weighted by Gasteiger charge is -2.28. The van der Waals surface area contributed by atoms with E-state index in [0.29, 0.717) is 6.42 Å². The lowest BCUT2D eigenvalue weighted by molar-refractivity contribution is -0.136. The van der Waals surface area contributed by atoms with E-state index in [1.54, 1.807) is 0 Å². The van der Waals surface area contributed by atoms with Crippen molar-refractivity contribution in [3.63, 3.8) is 0 Å². The Labute approximate surface area is 117 Å². The molecule has 3 rings (SSSR count). The van der Waals surface area contributed by atoms with Gasteiger partial charge in [-0.05, 0) is 30.2 Å². The quantitative estimate of drug-likeness (QED) is 0.895. The predicted molar refractivity (Wildman–Crippen MR) is 77.3 cm³/mol. The molecule has 0 saturated carbocycles. The molecule has 2 N–H and O–H groups in total. The Bertz CT molecular complexity index is 615. The molecule has 0 radical (unpaired) electrons. The molecule has 2 aromatic rings. The van der Waals surface area contributed by atoms with Crippen LogP contribution in [0, 0.1) is 0 Å². The first-order valence-electron chi connectivity index (χ1n) is 6.88. The number of anilines is 1. The molecule has 5 nitrogen and oxygen atoms in total. The van der Waals surface area contributed by atoms with Crippen LogP contribution >= 0.6 is 0 Å². The Kier molecular flexibility index (Phi) is 3.60. The summed E-state index contributed by atoms with van der Waals surface area (Å²) in [7, 11) is 0. The summed E-state index contributed by atoms with van der Waals surface area (Å²) in [6.07, 6.45) is 2.63. The van der Waals surface area contributed by atoms with E-state index < -0.39 is 5.97 Å². The van der Waals surface area contributed by atoms with E-state index in [1.165, 1.54) is 5.69 Å². The highest BCUT2D eigenvalue weighted by molar-refractivity contribution is 5.87.